The van der Waals surface area contributed by atoms with Crippen LogP contribution >= 0.6 is 0 Å². The molecule has 1 unspecified atom stereocenters. The summed E-state index contributed by atoms with van der Waals surface area (Å²) in [6.45, 7) is 2.42. The Kier molecular flexibility index (Phi) is 3.58. The Morgan fingerprint density at radius 2 is 2.53 bits per heavy atom. The first-order valence-electron chi connectivity index (χ1n) is 5.64. The first-order valence-corrected chi connectivity index (χ1v) is 5.64. The van der Waals surface area contributed by atoms with E-state index in [4.69, 9.17) is 9.84 Å². The third-order valence-electron chi connectivity index (χ3n) is 3.02. The van der Waals surface area contributed by atoms with Gasteiger partial charge < -0.3 is 14.7 Å². The van der Waals surface area contributed by atoms with Gasteiger partial charge in [-0.05, 0) is 18.6 Å². The maximum absolute atomic E-state index is 11.1. The summed E-state index contributed by atoms with van der Waals surface area (Å²) in [4.78, 5) is 17.1. The van der Waals surface area contributed by atoms with Crippen molar-refractivity contribution in [3.8, 4) is 0 Å². The van der Waals surface area contributed by atoms with Gasteiger partial charge in [-0.15, -0.1) is 0 Å². The maximum Gasteiger partial charge on any atom is 0.356 e. The minimum Gasteiger partial charge on any atom is -0.476 e. The monoisotopic (exact) mass is 236 g/mol. The van der Waals surface area contributed by atoms with Gasteiger partial charge in [-0.2, -0.15) is 0 Å². The third kappa shape index (κ3) is 2.55. The smallest absolute Gasteiger partial charge is 0.356 e. The lowest BCUT2D eigenvalue weighted by Gasteiger charge is -2.19. The molecule has 1 aliphatic rings. The average molecular weight is 236 g/mol. The zero-order valence-corrected chi connectivity index (χ0v) is 9.80. The molecule has 5 nitrogen and oxygen atoms in total. The minimum absolute atomic E-state index is 0.130. The number of pyridine rings is 1. The molecule has 1 aliphatic heterocycles. The topological polar surface area (TPSA) is 62.7 Å². The standard InChI is InChI=1S/C12H16N2O3/c1-17-8-9-4-6-14(7-9)10-3-2-5-13-11(10)12(15)16/h2-3,5,9H,4,6-8H2,1H3,(H,15,16). The second kappa shape index (κ2) is 5.14. The summed E-state index contributed by atoms with van der Waals surface area (Å²) in [6.07, 6.45) is 2.54. The number of hydrogen-bond donors (Lipinski definition) is 1. The van der Waals surface area contributed by atoms with E-state index < -0.39 is 5.97 Å². The van der Waals surface area contributed by atoms with Crippen LogP contribution < -0.4 is 4.90 Å². The van der Waals surface area contributed by atoms with Crippen molar-refractivity contribution in [2.45, 2.75) is 6.42 Å². The fourth-order valence-corrected chi connectivity index (χ4v) is 2.24. The normalized spacial score (nSPS) is 19.6. The van der Waals surface area contributed by atoms with Crippen molar-refractivity contribution in [1.29, 1.82) is 0 Å². The molecule has 0 saturated carbocycles. The number of ether oxygens (including phenoxy) is 1. The van der Waals surface area contributed by atoms with Gasteiger partial charge in [0.05, 0.1) is 12.3 Å². The molecule has 1 atom stereocenters. The highest BCUT2D eigenvalue weighted by atomic mass is 16.5. The second-order valence-corrected chi connectivity index (χ2v) is 4.23. The summed E-state index contributed by atoms with van der Waals surface area (Å²) in [6, 6.07) is 3.58. The third-order valence-corrected chi connectivity index (χ3v) is 3.02. The van der Waals surface area contributed by atoms with E-state index >= 15 is 0 Å². The SMILES string of the molecule is COCC1CCN(c2cccnc2C(=O)O)C1. The lowest BCUT2D eigenvalue weighted by Crippen LogP contribution is -2.23. The van der Waals surface area contributed by atoms with Crippen LogP contribution in [0.15, 0.2) is 18.3 Å². The number of aromatic carboxylic acids is 1. The molecule has 1 N–H and O–H groups in total. The summed E-state index contributed by atoms with van der Waals surface area (Å²) < 4.78 is 5.13. The van der Waals surface area contributed by atoms with Gasteiger partial charge in [0, 0.05) is 32.3 Å². The van der Waals surface area contributed by atoms with Crippen molar-refractivity contribution < 1.29 is 14.6 Å². The number of hydrogen-bond acceptors (Lipinski definition) is 4. The fraction of sp³-hybridized carbons (Fsp3) is 0.500. The molecule has 1 fully saturated rings. The lowest BCUT2D eigenvalue weighted by molar-refractivity contribution is 0.0691. The minimum atomic E-state index is -0.976. The number of carboxylic acids is 1. The van der Waals surface area contributed by atoms with Crippen LogP contribution in [0, 0.1) is 5.92 Å². The van der Waals surface area contributed by atoms with Gasteiger partial charge in [0.2, 0.25) is 0 Å². The Labute approximate surface area is 100 Å². The van der Waals surface area contributed by atoms with E-state index in [0.29, 0.717) is 11.6 Å². The number of nitrogens with zero attached hydrogens (tertiary/aromatic N) is 2. The van der Waals surface area contributed by atoms with Gasteiger partial charge in [-0.3, -0.25) is 0 Å². The van der Waals surface area contributed by atoms with Gasteiger partial charge in [-0.25, -0.2) is 9.78 Å². The van der Waals surface area contributed by atoms with Crippen molar-refractivity contribution in [3.05, 3.63) is 24.0 Å². The van der Waals surface area contributed by atoms with Crippen molar-refractivity contribution in [1.82, 2.24) is 4.98 Å². The van der Waals surface area contributed by atoms with E-state index in [0.717, 1.165) is 26.1 Å². The number of methoxy groups -OCH3 is 1. The zero-order valence-electron chi connectivity index (χ0n) is 9.80. The molecule has 0 spiro atoms. The Morgan fingerprint density at radius 1 is 1.71 bits per heavy atom. The molecule has 92 valence electrons. The molecule has 0 radical (unpaired) electrons. The molecule has 2 heterocycles. The summed E-state index contributed by atoms with van der Waals surface area (Å²) in [7, 11) is 1.69. The van der Waals surface area contributed by atoms with Gasteiger partial charge >= 0.3 is 5.97 Å². The molecule has 1 saturated heterocycles. The van der Waals surface area contributed by atoms with E-state index in [1.807, 2.05) is 6.07 Å². The van der Waals surface area contributed by atoms with Crippen LogP contribution in [0.3, 0.4) is 0 Å². The van der Waals surface area contributed by atoms with Crippen LogP contribution in [0.5, 0.6) is 0 Å². The summed E-state index contributed by atoms with van der Waals surface area (Å²) in [5, 5.41) is 9.08. The quantitative estimate of drug-likeness (QED) is 0.852. The van der Waals surface area contributed by atoms with E-state index in [1.165, 1.54) is 6.20 Å². The van der Waals surface area contributed by atoms with Crippen LogP contribution in [-0.4, -0.2) is 42.9 Å². The molecule has 2 rings (SSSR count). The van der Waals surface area contributed by atoms with Crippen molar-refractivity contribution in [3.63, 3.8) is 0 Å². The van der Waals surface area contributed by atoms with Gasteiger partial charge in [0.15, 0.2) is 5.69 Å². The van der Waals surface area contributed by atoms with Gasteiger partial charge in [0.25, 0.3) is 0 Å². The molecule has 0 aliphatic carbocycles. The molecule has 0 aromatic carbocycles. The molecule has 1 aromatic rings. The Hall–Kier alpha value is -1.62. The van der Waals surface area contributed by atoms with Gasteiger partial charge in [-0.1, -0.05) is 0 Å². The Morgan fingerprint density at radius 3 is 3.24 bits per heavy atom. The highest BCUT2D eigenvalue weighted by Crippen LogP contribution is 2.26. The van der Waals surface area contributed by atoms with E-state index in [9.17, 15) is 4.79 Å². The summed E-state index contributed by atoms with van der Waals surface area (Å²) in [5.74, 6) is -0.502. The number of carboxylic acid groups (broad SMARTS) is 1. The largest absolute Gasteiger partial charge is 0.476 e. The Bertz CT molecular complexity index is 408. The van der Waals surface area contributed by atoms with Crippen LogP contribution in [0.2, 0.25) is 0 Å². The maximum atomic E-state index is 11.1. The molecular weight excluding hydrogens is 220 g/mol. The zero-order chi connectivity index (χ0) is 12.3. The van der Waals surface area contributed by atoms with Crippen molar-refractivity contribution in [2.24, 2.45) is 5.92 Å². The highest BCUT2D eigenvalue weighted by molar-refractivity contribution is 5.92. The fourth-order valence-electron chi connectivity index (χ4n) is 2.24. The van der Waals surface area contributed by atoms with Crippen molar-refractivity contribution in [2.75, 3.05) is 31.7 Å². The van der Waals surface area contributed by atoms with E-state index in [1.54, 1.807) is 13.2 Å². The van der Waals surface area contributed by atoms with Crippen LogP contribution in [-0.2, 0) is 4.74 Å². The number of anilines is 1. The molecular formula is C12H16N2O3. The molecule has 17 heavy (non-hydrogen) atoms. The Balaban J connectivity index is 2.16. The number of rotatable bonds is 4. The van der Waals surface area contributed by atoms with Crippen LogP contribution in [0.1, 0.15) is 16.9 Å². The average Bonchev–Trinajstić information content (AvgIpc) is 2.78. The van der Waals surface area contributed by atoms with Crippen LogP contribution in [0.4, 0.5) is 5.69 Å². The molecule has 0 amide bonds. The highest BCUT2D eigenvalue weighted by Gasteiger charge is 2.25. The first kappa shape index (κ1) is 11.9. The number of aromatic nitrogens is 1. The predicted molar refractivity (Wildman–Crippen MR) is 63.4 cm³/mol. The second-order valence-electron chi connectivity index (χ2n) is 4.23. The first-order chi connectivity index (χ1) is 8.22. The lowest BCUT2D eigenvalue weighted by atomic mass is 10.1. The van der Waals surface area contributed by atoms with E-state index in [-0.39, 0.29) is 5.69 Å². The summed E-state index contributed by atoms with van der Waals surface area (Å²) in [5.41, 5.74) is 0.837. The van der Waals surface area contributed by atoms with Crippen LogP contribution in [0.25, 0.3) is 0 Å². The van der Waals surface area contributed by atoms with E-state index in [2.05, 4.69) is 9.88 Å². The summed E-state index contributed by atoms with van der Waals surface area (Å²) >= 11 is 0. The molecule has 5 heteroatoms. The molecule has 0 bridgehead atoms. The number of carbonyl (C=O) groups is 1. The molecule has 1 aromatic heterocycles. The van der Waals surface area contributed by atoms with Crippen molar-refractivity contribution >= 4 is 11.7 Å². The predicted octanol–water partition coefficient (Wildman–Crippen LogP) is 1.25. The van der Waals surface area contributed by atoms with Gasteiger partial charge in [0.1, 0.15) is 0 Å².